The fourth-order valence-corrected chi connectivity index (χ4v) is 3.15. The zero-order valence-corrected chi connectivity index (χ0v) is 12.8. The number of aliphatic carboxylic acids is 1. The van der Waals surface area contributed by atoms with E-state index in [9.17, 15) is 14.7 Å². The molecule has 4 nitrogen and oxygen atoms in total. The largest absolute Gasteiger partial charge is 0.481 e. The van der Waals surface area contributed by atoms with Crippen LogP contribution in [0.2, 0.25) is 0 Å². The molecular formula is C15H18BrNO3. The van der Waals surface area contributed by atoms with Crippen molar-refractivity contribution in [3.63, 3.8) is 0 Å². The van der Waals surface area contributed by atoms with Crippen LogP contribution in [0, 0.1) is 5.41 Å². The summed E-state index contributed by atoms with van der Waals surface area (Å²) in [7, 11) is 0. The molecule has 20 heavy (non-hydrogen) atoms. The maximum atomic E-state index is 12.1. The Balaban J connectivity index is 2.05. The minimum Gasteiger partial charge on any atom is -0.481 e. The Kier molecular flexibility index (Phi) is 4.81. The average molecular weight is 340 g/mol. The first-order valence-electron chi connectivity index (χ1n) is 6.81. The third kappa shape index (κ3) is 3.20. The number of carbonyl (C=O) groups excluding carboxylic acids is 1. The van der Waals surface area contributed by atoms with Crippen molar-refractivity contribution in [3.05, 3.63) is 34.3 Å². The second kappa shape index (κ2) is 6.39. The molecular weight excluding hydrogens is 322 g/mol. The molecule has 108 valence electrons. The van der Waals surface area contributed by atoms with Crippen LogP contribution in [0.25, 0.3) is 0 Å². The van der Waals surface area contributed by atoms with Crippen molar-refractivity contribution < 1.29 is 14.7 Å². The number of benzene rings is 1. The summed E-state index contributed by atoms with van der Waals surface area (Å²) in [4.78, 5) is 23.7. The molecule has 5 heteroatoms. The lowest BCUT2D eigenvalue weighted by Gasteiger charge is -2.33. The lowest BCUT2D eigenvalue weighted by atomic mass is 9.74. The predicted octanol–water partition coefficient (Wildman–Crippen LogP) is 3.21. The number of hydrogen-bond donors (Lipinski definition) is 2. The van der Waals surface area contributed by atoms with Gasteiger partial charge < -0.3 is 10.4 Å². The maximum absolute atomic E-state index is 12.1. The lowest BCUT2D eigenvalue weighted by Crippen LogP contribution is -2.44. The Morgan fingerprint density at radius 1 is 1.20 bits per heavy atom. The normalized spacial score (nSPS) is 17.4. The van der Waals surface area contributed by atoms with E-state index in [0.717, 1.165) is 19.3 Å². The molecule has 0 aromatic heterocycles. The molecule has 0 radical (unpaired) electrons. The van der Waals surface area contributed by atoms with Gasteiger partial charge >= 0.3 is 5.97 Å². The Morgan fingerprint density at radius 2 is 1.85 bits per heavy atom. The third-order valence-electron chi connectivity index (χ3n) is 3.97. The van der Waals surface area contributed by atoms with Gasteiger partial charge in [-0.3, -0.25) is 9.59 Å². The van der Waals surface area contributed by atoms with Crippen molar-refractivity contribution >= 4 is 27.8 Å². The molecule has 0 saturated heterocycles. The van der Waals surface area contributed by atoms with E-state index in [1.54, 1.807) is 18.2 Å². The zero-order chi connectivity index (χ0) is 14.6. The SMILES string of the molecule is O=C(NCC1(C(=O)O)CCCCC1)c1ccccc1Br. The van der Waals surface area contributed by atoms with Gasteiger partial charge in [-0.2, -0.15) is 0 Å². The Hall–Kier alpha value is -1.36. The number of halogens is 1. The van der Waals surface area contributed by atoms with E-state index >= 15 is 0 Å². The molecule has 1 fully saturated rings. The van der Waals surface area contributed by atoms with E-state index in [2.05, 4.69) is 21.2 Å². The van der Waals surface area contributed by atoms with Crippen LogP contribution >= 0.6 is 15.9 Å². The van der Waals surface area contributed by atoms with Crippen LogP contribution in [0.3, 0.4) is 0 Å². The standard InChI is InChI=1S/C15H18BrNO3/c16-12-7-3-2-6-11(12)13(18)17-10-15(14(19)20)8-4-1-5-9-15/h2-3,6-7H,1,4-5,8-10H2,(H,17,18)(H,19,20). The average Bonchev–Trinajstić information content (AvgIpc) is 2.46. The third-order valence-corrected chi connectivity index (χ3v) is 4.66. The maximum Gasteiger partial charge on any atom is 0.311 e. The van der Waals surface area contributed by atoms with Crippen LogP contribution in [0.1, 0.15) is 42.5 Å². The number of nitrogens with one attached hydrogen (secondary N) is 1. The Morgan fingerprint density at radius 3 is 2.45 bits per heavy atom. The van der Waals surface area contributed by atoms with Gasteiger partial charge in [0.15, 0.2) is 0 Å². The summed E-state index contributed by atoms with van der Waals surface area (Å²) >= 11 is 3.33. The highest BCUT2D eigenvalue weighted by atomic mass is 79.9. The van der Waals surface area contributed by atoms with Gasteiger partial charge in [-0.1, -0.05) is 31.4 Å². The number of rotatable bonds is 4. The highest BCUT2D eigenvalue weighted by Gasteiger charge is 2.39. The van der Waals surface area contributed by atoms with Crippen molar-refractivity contribution in [2.45, 2.75) is 32.1 Å². The van der Waals surface area contributed by atoms with Crippen molar-refractivity contribution in [3.8, 4) is 0 Å². The van der Waals surface area contributed by atoms with Gasteiger partial charge in [0, 0.05) is 11.0 Å². The number of hydrogen-bond acceptors (Lipinski definition) is 2. The zero-order valence-electron chi connectivity index (χ0n) is 11.2. The monoisotopic (exact) mass is 339 g/mol. The van der Waals surface area contributed by atoms with Crippen molar-refractivity contribution in [1.29, 1.82) is 0 Å². The number of carboxylic acids is 1. The fraction of sp³-hybridized carbons (Fsp3) is 0.467. The molecule has 0 aliphatic heterocycles. The van der Waals surface area contributed by atoms with E-state index in [-0.39, 0.29) is 12.5 Å². The quantitative estimate of drug-likeness (QED) is 0.884. The van der Waals surface area contributed by atoms with Crippen LogP contribution < -0.4 is 5.32 Å². The topological polar surface area (TPSA) is 66.4 Å². The summed E-state index contributed by atoms with van der Waals surface area (Å²) < 4.78 is 0.713. The summed E-state index contributed by atoms with van der Waals surface area (Å²) in [6.45, 7) is 0.197. The molecule has 1 saturated carbocycles. The van der Waals surface area contributed by atoms with Crippen LogP contribution in [0.4, 0.5) is 0 Å². The van der Waals surface area contributed by atoms with Gasteiger partial charge in [0.1, 0.15) is 0 Å². The van der Waals surface area contributed by atoms with E-state index in [4.69, 9.17) is 0 Å². The Bertz CT molecular complexity index is 510. The molecule has 2 N–H and O–H groups in total. The first kappa shape index (κ1) is 15.0. The molecule has 1 aliphatic carbocycles. The second-order valence-corrected chi connectivity index (χ2v) is 6.16. The van der Waals surface area contributed by atoms with Gasteiger partial charge in [0.05, 0.1) is 11.0 Å². The minimum absolute atomic E-state index is 0.197. The van der Waals surface area contributed by atoms with Gasteiger partial charge in [0.25, 0.3) is 5.91 Å². The van der Waals surface area contributed by atoms with Crippen LogP contribution in [0.15, 0.2) is 28.7 Å². The number of amides is 1. The van der Waals surface area contributed by atoms with Crippen LogP contribution in [-0.4, -0.2) is 23.5 Å². The minimum atomic E-state index is -0.801. The van der Waals surface area contributed by atoms with E-state index < -0.39 is 11.4 Å². The van der Waals surface area contributed by atoms with Gasteiger partial charge in [-0.05, 0) is 40.9 Å². The first-order chi connectivity index (χ1) is 9.55. The summed E-state index contributed by atoms with van der Waals surface area (Å²) in [5.74, 6) is -1.03. The molecule has 0 atom stereocenters. The van der Waals surface area contributed by atoms with E-state index in [1.807, 2.05) is 6.07 Å². The van der Waals surface area contributed by atoms with E-state index in [0.29, 0.717) is 22.9 Å². The van der Waals surface area contributed by atoms with Crippen LogP contribution in [-0.2, 0) is 4.79 Å². The summed E-state index contributed by atoms with van der Waals surface area (Å²) in [6, 6.07) is 7.13. The summed E-state index contributed by atoms with van der Waals surface area (Å²) in [5, 5.41) is 12.2. The van der Waals surface area contributed by atoms with Gasteiger partial charge in [-0.15, -0.1) is 0 Å². The number of carbonyl (C=O) groups is 2. The van der Waals surface area contributed by atoms with Gasteiger partial charge in [-0.25, -0.2) is 0 Å². The first-order valence-corrected chi connectivity index (χ1v) is 7.61. The molecule has 0 heterocycles. The molecule has 0 unspecified atom stereocenters. The van der Waals surface area contributed by atoms with Crippen molar-refractivity contribution in [2.75, 3.05) is 6.54 Å². The van der Waals surface area contributed by atoms with Crippen LogP contribution in [0.5, 0.6) is 0 Å². The molecule has 1 aliphatic rings. The molecule has 1 aromatic carbocycles. The van der Waals surface area contributed by atoms with E-state index in [1.165, 1.54) is 0 Å². The summed E-state index contributed by atoms with van der Waals surface area (Å²) in [6.07, 6.45) is 4.18. The predicted molar refractivity (Wildman–Crippen MR) is 79.6 cm³/mol. The smallest absolute Gasteiger partial charge is 0.311 e. The lowest BCUT2D eigenvalue weighted by molar-refractivity contribution is -0.150. The Labute approximate surface area is 126 Å². The van der Waals surface area contributed by atoms with Crippen molar-refractivity contribution in [2.24, 2.45) is 5.41 Å². The van der Waals surface area contributed by atoms with Crippen molar-refractivity contribution in [1.82, 2.24) is 5.32 Å². The highest BCUT2D eigenvalue weighted by Crippen LogP contribution is 2.36. The summed E-state index contributed by atoms with van der Waals surface area (Å²) in [5.41, 5.74) is -0.265. The number of carboxylic acid groups (broad SMARTS) is 1. The highest BCUT2D eigenvalue weighted by molar-refractivity contribution is 9.10. The molecule has 2 rings (SSSR count). The molecule has 0 bridgehead atoms. The molecule has 1 amide bonds. The van der Waals surface area contributed by atoms with Gasteiger partial charge in [0.2, 0.25) is 0 Å². The fourth-order valence-electron chi connectivity index (χ4n) is 2.68. The second-order valence-electron chi connectivity index (χ2n) is 5.31. The molecule has 1 aromatic rings. The molecule has 0 spiro atoms.